The molecule has 4 heteroatoms. The Morgan fingerprint density at radius 3 is 2.53 bits per heavy atom. The molecule has 0 aliphatic carbocycles. The Kier molecular flexibility index (Phi) is 2.41. The van der Waals surface area contributed by atoms with E-state index in [1.165, 1.54) is 10.4 Å². The summed E-state index contributed by atoms with van der Waals surface area (Å²) in [5, 5.41) is 4.12. The van der Waals surface area contributed by atoms with Crippen molar-refractivity contribution < 1.29 is 4.68 Å². The van der Waals surface area contributed by atoms with E-state index in [-0.39, 0.29) is 0 Å². The SMILES string of the molecule is Cc1c(Cc2ccccc2)[n+](C)nn1N. The number of hydrogen-bond acceptors (Lipinski definition) is 2. The fourth-order valence-corrected chi connectivity index (χ4v) is 1.66. The quantitative estimate of drug-likeness (QED) is 0.564. The van der Waals surface area contributed by atoms with E-state index in [0.29, 0.717) is 0 Å². The fourth-order valence-electron chi connectivity index (χ4n) is 1.66. The van der Waals surface area contributed by atoms with Crippen LogP contribution in [0.15, 0.2) is 30.3 Å². The Morgan fingerprint density at radius 1 is 1.33 bits per heavy atom. The summed E-state index contributed by atoms with van der Waals surface area (Å²) in [4.78, 5) is 1.41. The van der Waals surface area contributed by atoms with E-state index in [4.69, 9.17) is 5.84 Å². The molecule has 2 rings (SSSR count). The zero-order valence-corrected chi connectivity index (χ0v) is 9.01. The molecule has 0 bridgehead atoms. The van der Waals surface area contributed by atoms with Gasteiger partial charge in [-0.15, -0.1) is 4.68 Å². The molecule has 2 aromatic rings. The van der Waals surface area contributed by atoms with Gasteiger partial charge in [-0.3, -0.25) is 0 Å². The first-order valence-corrected chi connectivity index (χ1v) is 4.92. The van der Waals surface area contributed by atoms with Gasteiger partial charge in [-0.2, -0.15) is 0 Å². The van der Waals surface area contributed by atoms with Crippen LogP contribution in [0.3, 0.4) is 0 Å². The monoisotopic (exact) mass is 203 g/mol. The van der Waals surface area contributed by atoms with Gasteiger partial charge in [0.25, 0.3) is 0 Å². The van der Waals surface area contributed by atoms with Crippen LogP contribution in [0.4, 0.5) is 0 Å². The van der Waals surface area contributed by atoms with E-state index in [1.54, 1.807) is 0 Å². The molecule has 2 N–H and O–H groups in total. The summed E-state index contributed by atoms with van der Waals surface area (Å²) in [7, 11) is 1.91. The maximum absolute atomic E-state index is 5.68. The summed E-state index contributed by atoms with van der Waals surface area (Å²) in [6, 6.07) is 10.3. The molecule has 15 heavy (non-hydrogen) atoms. The van der Waals surface area contributed by atoms with E-state index >= 15 is 0 Å². The van der Waals surface area contributed by atoms with Crippen molar-refractivity contribution in [1.82, 2.24) is 10.0 Å². The number of nitrogens with zero attached hydrogens (tertiary/aromatic N) is 3. The zero-order valence-electron chi connectivity index (χ0n) is 9.01. The molecule has 1 heterocycles. The van der Waals surface area contributed by atoms with Crippen LogP contribution in [0.1, 0.15) is 17.0 Å². The predicted molar refractivity (Wildman–Crippen MR) is 57.5 cm³/mol. The second-order valence-corrected chi connectivity index (χ2v) is 3.65. The molecule has 0 atom stereocenters. The van der Waals surface area contributed by atoms with Crippen LogP contribution in [0.2, 0.25) is 0 Å². The normalized spacial score (nSPS) is 10.5. The van der Waals surface area contributed by atoms with Crippen LogP contribution in [0.5, 0.6) is 0 Å². The average Bonchev–Trinajstić information content (AvgIpc) is 2.47. The molecular weight excluding hydrogens is 188 g/mol. The smallest absolute Gasteiger partial charge is 0.197 e. The highest BCUT2D eigenvalue weighted by Crippen LogP contribution is 2.07. The third kappa shape index (κ3) is 1.83. The molecule has 0 amide bonds. The average molecular weight is 203 g/mol. The molecule has 0 spiro atoms. The summed E-state index contributed by atoms with van der Waals surface area (Å²) in [6.45, 7) is 1.98. The van der Waals surface area contributed by atoms with Crippen molar-refractivity contribution in [2.45, 2.75) is 13.3 Å². The van der Waals surface area contributed by atoms with Gasteiger partial charge in [-0.05, 0) is 10.4 Å². The number of rotatable bonds is 2. The van der Waals surface area contributed by atoms with Crippen molar-refractivity contribution in [2.24, 2.45) is 7.05 Å². The lowest BCUT2D eigenvalue weighted by molar-refractivity contribution is -0.738. The van der Waals surface area contributed by atoms with Crippen molar-refractivity contribution in [3.05, 3.63) is 47.3 Å². The van der Waals surface area contributed by atoms with E-state index in [2.05, 4.69) is 17.3 Å². The van der Waals surface area contributed by atoms with Crippen LogP contribution in [-0.2, 0) is 13.5 Å². The molecule has 1 aromatic heterocycles. The van der Waals surface area contributed by atoms with E-state index in [9.17, 15) is 0 Å². The molecule has 78 valence electrons. The number of hydrogen-bond donors (Lipinski definition) is 1. The second-order valence-electron chi connectivity index (χ2n) is 3.65. The highest BCUT2D eigenvalue weighted by atomic mass is 15.6. The third-order valence-corrected chi connectivity index (χ3v) is 2.60. The predicted octanol–water partition coefficient (Wildman–Crippen LogP) is 0.321. The Hall–Kier alpha value is -1.84. The topological polar surface area (TPSA) is 47.7 Å². The van der Waals surface area contributed by atoms with Gasteiger partial charge < -0.3 is 0 Å². The molecule has 0 radical (unpaired) electrons. The molecule has 0 unspecified atom stereocenters. The van der Waals surface area contributed by atoms with Crippen LogP contribution >= 0.6 is 0 Å². The van der Waals surface area contributed by atoms with Gasteiger partial charge in [0.2, 0.25) is 0 Å². The van der Waals surface area contributed by atoms with Crippen LogP contribution in [0, 0.1) is 6.92 Å². The van der Waals surface area contributed by atoms with Crippen molar-refractivity contribution in [3.63, 3.8) is 0 Å². The molecule has 0 fully saturated rings. The highest BCUT2D eigenvalue weighted by molar-refractivity contribution is 5.21. The van der Waals surface area contributed by atoms with Gasteiger partial charge in [0.1, 0.15) is 12.3 Å². The summed E-state index contributed by atoms with van der Waals surface area (Å²) in [5.41, 5.74) is 3.41. The van der Waals surface area contributed by atoms with Crippen molar-refractivity contribution in [1.29, 1.82) is 0 Å². The maximum Gasteiger partial charge on any atom is 0.197 e. The van der Waals surface area contributed by atoms with E-state index in [0.717, 1.165) is 17.8 Å². The van der Waals surface area contributed by atoms with Crippen molar-refractivity contribution in [3.8, 4) is 0 Å². The number of aromatic nitrogens is 3. The second kappa shape index (κ2) is 3.73. The van der Waals surface area contributed by atoms with Crippen LogP contribution < -0.4 is 10.5 Å². The van der Waals surface area contributed by atoms with E-state index in [1.807, 2.05) is 36.9 Å². The van der Waals surface area contributed by atoms with Crippen molar-refractivity contribution in [2.75, 3.05) is 5.84 Å². The molecule has 0 saturated carbocycles. The first-order valence-electron chi connectivity index (χ1n) is 4.92. The largest absolute Gasteiger partial charge is 0.249 e. The van der Waals surface area contributed by atoms with Crippen LogP contribution in [-0.4, -0.2) is 10.0 Å². The van der Waals surface area contributed by atoms with Gasteiger partial charge in [-0.25, -0.2) is 5.84 Å². The fraction of sp³-hybridized carbons (Fsp3) is 0.273. The number of aryl methyl sites for hydroxylation is 1. The van der Waals surface area contributed by atoms with Crippen molar-refractivity contribution >= 4 is 0 Å². The molecule has 0 aliphatic rings. The number of nitrogens with two attached hydrogens (primary N) is 1. The summed E-state index contributed by atoms with van der Waals surface area (Å²) in [5.74, 6) is 5.68. The molecule has 4 nitrogen and oxygen atoms in total. The van der Waals surface area contributed by atoms with Gasteiger partial charge in [0.15, 0.2) is 11.4 Å². The Bertz CT molecular complexity index is 459. The van der Waals surface area contributed by atoms with Gasteiger partial charge in [0, 0.05) is 13.3 Å². The minimum atomic E-state index is 0.861. The number of nitrogen functional groups attached to an aromatic ring is 1. The lowest BCUT2D eigenvalue weighted by atomic mass is 10.1. The van der Waals surface area contributed by atoms with Gasteiger partial charge >= 0.3 is 0 Å². The third-order valence-electron chi connectivity index (χ3n) is 2.60. The minimum absolute atomic E-state index is 0.861. The Balaban J connectivity index is 2.32. The molecule has 0 aliphatic heterocycles. The summed E-state index contributed by atoms with van der Waals surface area (Å²) < 4.78 is 1.82. The lowest BCUT2D eigenvalue weighted by Crippen LogP contribution is -2.36. The summed E-state index contributed by atoms with van der Waals surface area (Å²) >= 11 is 0. The maximum atomic E-state index is 5.68. The van der Waals surface area contributed by atoms with Crippen LogP contribution in [0.25, 0.3) is 0 Å². The zero-order chi connectivity index (χ0) is 10.8. The molecular formula is C11H15N4+. The molecule has 0 saturated heterocycles. The van der Waals surface area contributed by atoms with E-state index < -0.39 is 0 Å². The molecule has 1 aromatic carbocycles. The number of benzene rings is 1. The highest BCUT2D eigenvalue weighted by Gasteiger charge is 2.17. The van der Waals surface area contributed by atoms with Gasteiger partial charge in [0.05, 0.1) is 0 Å². The Morgan fingerprint density at radius 2 is 2.00 bits per heavy atom. The Labute approximate surface area is 88.9 Å². The first kappa shape index (κ1) is 9.71. The standard InChI is InChI=1S/C11H15N4/c1-9-11(14(2)13-15(9)12)8-10-6-4-3-5-7-10/h3-7H,8H2,1-2H3,(H2,12,13)/q+1. The minimum Gasteiger partial charge on any atom is -0.249 e. The first-order chi connectivity index (χ1) is 7.18. The summed E-state index contributed by atoms with van der Waals surface area (Å²) in [6.07, 6.45) is 0.861. The van der Waals surface area contributed by atoms with Gasteiger partial charge in [-0.1, -0.05) is 30.3 Å². The lowest BCUT2D eigenvalue weighted by Gasteiger charge is -1.97.